The van der Waals surface area contributed by atoms with Crippen LogP contribution in [0, 0.1) is 11.5 Å². The van der Waals surface area contributed by atoms with Crippen LogP contribution in [0.25, 0.3) is 0 Å². The van der Waals surface area contributed by atoms with Crippen LogP contribution in [0.2, 0.25) is 0 Å². The minimum atomic E-state index is 0.351. The van der Waals surface area contributed by atoms with Crippen molar-refractivity contribution < 1.29 is 4.74 Å². The summed E-state index contributed by atoms with van der Waals surface area (Å²) in [6.45, 7) is 1.64. The Bertz CT molecular complexity index is 311. The van der Waals surface area contributed by atoms with Gasteiger partial charge in [0.25, 0.3) is 0 Å². The average molecular weight is 160 g/mol. The number of benzene rings is 1. The zero-order valence-corrected chi connectivity index (χ0v) is 6.69. The SMILES string of the molecule is CC(=NC#N)Oc1ccccc1. The fourth-order valence-corrected chi connectivity index (χ4v) is 0.752. The van der Waals surface area contributed by atoms with Crippen molar-refractivity contribution >= 4 is 5.90 Å². The van der Waals surface area contributed by atoms with E-state index in [1.165, 1.54) is 0 Å². The molecule has 0 aliphatic heterocycles. The van der Waals surface area contributed by atoms with Crippen molar-refractivity contribution in [1.82, 2.24) is 0 Å². The summed E-state index contributed by atoms with van der Waals surface area (Å²) in [6, 6.07) is 9.21. The van der Waals surface area contributed by atoms with E-state index in [0.29, 0.717) is 11.6 Å². The van der Waals surface area contributed by atoms with Crippen molar-refractivity contribution in [3.05, 3.63) is 30.3 Å². The first-order chi connectivity index (χ1) is 5.83. The van der Waals surface area contributed by atoms with E-state index in [9.17, 15) is 0 Å². The van der Waals surface area contributed by atoms with E-state index in [1.54, 1.807) is 25.2 Å². The summed E-state index contributed by atoms with van der Waals surface area (Å²) < 4.78 is 5.18. The van der Waals surface area contributed by atoms with Crippen LogP contribution in [0.5, 0.6) is 5.75 Å². The van der Waals surface area contributed by atoms with Crippen LogP contribution < -0.4 is 4.74 Å². The lowest BCUT2D eigenvalue weighted by Crippen LogP contribution is -2.01. The molecule has 0 saturated carbocycles. The number of nitrogens with zero attached hydrogens (tertiary/aromatic N) is 2. The van der Waals surface area contributed by atoms with Gasteiger partial charge in [0, 0.05) is 6.92 Å². The molecule has 60 valence electrons. The fraction of sp³-hybridized carbons (Fsp3) is 0.111. The largest absolute Gasteiger partial charge is 0.443 e. The highest BCUT2D eigenvalue weighted by molar-refractivity contribution is 5.76. The Kier molecular flexibility index (Phi) is 2.86. The molecule has 0 aliphatic rings. The van der Waals surface area contributed by atoms with Gasteiger partial charge in [0.2, 0.25) is 12.1 Å². The lowest BCUT2D eigenvalue weighted by atomic mass is 10.3. The molecule has 3 nitrogen and oxygen atoms in total. The predicted octanol–water partition coefficient (Wildman–Crippen LogP) is 1.96. The summed E-state index contributed by atoms with van der Waals surface area (Å²) >= 11 is 0. The van der Waals surface area contributed by atoms with Gasteiger partial charge in [0.1, 0.15) is 5.75 Å². The molecule has 1 aromatic carbocycles. The molecule has 3 heteroatoms. The highest BCUT2D eigenvalue weighted by atomic mass is 16.5. The van der Waals surface area contributed by atoms with Crippen molar-refractivity contribution in [3.63, 3.8) is 0 Å². The molecule has 0 aromatic heterocycles. The molecule has 1 rings (SSSR count). The van der Waals surface area contributed by atoms with Gasteiger partial charge in [-0.25, -0.2) is 0 Å². The smallest absolute Gasteiger partial charge is 0.208 e. The van der Waals surface area contributed by atoms with Gasteiger partial charge in [-0.1, -0.05) is 18.2 Å². The van der Waals surface area contributed by atoms with Gasteiger partial charge in [0.15, 0.2) is 0 Å². The van der Waals surface area contributed by atoms with Crippen LogP contribution in [0.3, 0.4) is 0 Å². The highest BCUT2D eigenvalue weighted by Gasteiger charge is 1.93. The molecular formula is C9H8N2O. The van der Waals surface area contributed by atoms with E-state index in [1.807, 2.05) is 18.2 Å². The number of para-hydroxylation sites is 1. The van der Waals surface area contributed by atoms with E-state index in [4.69, 9.17) is 10.00 Å². The molecule has 0 amide bonds. The van der Waals surface area contributed by atoms with Crippen molar-refractivity contribution in [2.24, 2.45) is 4.99 Å². The van der Waals surface area contributed by atoms with Gasteiger partial charge in [-0.05, 0) is 12.1 Å². The number of hydrogen-bond acceptors (Lipinski definition) is 3. The first-order valence-electron chi connectivity index (χ1n) is 3.49. The van der Waals surface area contributed by atoms with Crippen LogP contribution in [0.1, 0.15) is 6.92 Å². The minimum Gasteiger partial charge on any atom is -0.443 e. The molecular weight excluding hydrogens is 152 g/mol. The second kappa shape index (κ2) is 4.14. The third-order valence-electron chi connectivity index (χ3n) is 1.22. The fourth-order valence-electron chi connectivity index (χ4n) is 0.752. The number of ether oxygens (including phenoxy) is 1. The van der Waals surface area contributed by atoms with Gasteiger partial charge in [-0.3, -0.25) is 0 Å². The first-order valence-corrected chi connectivity index (χ1v) is 3.49. The van der Waals surface area contributed by atoms with Crippen molar-refractivity contribution in [3.8, 4) is 11.9 Å². The standard InChI is InChI=1S/C9H8N2O/c1-8(11-7-10)12-9-5-3-2-4-6-9/h2-6H,1H3. The summed E-state index contributed by atoms with van der Waals surface area (Å²) in [6.07, 6.45) is 1.65. The number of nitriles is 1. The molecule has 12 heavy (non-hydrogen) atoms. The zero-order valence-electron chi connectivity index (χ0n) is 6.69. The van der Waals surface area contributed by atoms with Crippen LogP contribution in [-0.4, -0.2) is 5.90 Å². The molecule has 0 aliphatic carbocycles. The molecule has 0 atom stereocenters. The minimum absolute atomic E-state index is 0.351. The lowest BCUT2D eigenvalue weighted by molar-refractivity contribution is 0.547. The second-order valence-corrected chi connectivity index (χ2v) is 2.15. The van der Waals surface area contributed by atoms with Crippen LogP contribution in [-0.2, 0) is 0 Å². The molecule has 0 saturated heterocycles. The number of hydrogen-bond donors (Lipinski definition) is 0. The highest BCUT2D eigenvalue weighted by Crippen LogP contribution is 2.08. The second-order valence-electron chi connectivity index (χ2n) is 2.15. The monoisotopic (exact) mass is 160 g/mol. The predicted molar refractivity (Wildman–Crippen MR) is 45.8 cm³/mol. The van der Waals surface area contributed by atoms with E-state index in [-0.39, 0.29) is 0 Å². The van der Waals surface area contributed by atoms with Gasteiger partial charge in [-0.2, -0.15) is 5.26 Å². The summed E-state index contributed by atoms with van der Waals surface area (Å²) in [5, 5.41) is 8.20. The molecule has 0 spiro atoms. The normalized spacial score (nSPS) is 10.5. The Labute approximate surface area is 70.9 Å². The quantitative estimate of drug-likeness (QED) is 0.358. The maximum atomic E-state index is 8.20. The molecule has 0 heterocycles. The average Bonchev–Trinajstić information content (AvgIpc) is 2.06. The maximum Gasteiger partial charge on any atom is 0.208 e. The topological polar surface area (TPSA) is 45.4 Å². The van der Waals surface area contributed by atoms with Gasteiger partial charge in [0.05, 0.1) is 0 Å². The van der Waals surface area contributed by atoms with E-state index < -0.39 is 0 Å². The molecule has 0 radical (unpaired) electrons. The lowest BCUT2D eigenvalue weighted by Gasteiger charge is -2.00. The van der Waals surface area contributed by atoms with E-state index >= 15 is 0 Å². The molecule has 0 N–H and O–H groups in total. The Morgan fingerprint density at radius 1 is 1.42 bits per heavy atom. The zero-order chi connectivity index (χ0) is 8.81. The summed E-state index contributed by atoms with van der Waals surface area (Å²) in [5.74, 6) is 1.04. The Morgan fingerprint density at radius 3 is 2.67 bits per heavy atom. The van der Waals surface area contributed by atoms with Gasteiger partial charge in [-0.15, -0.1) is 4.99 Å². The van der Waals surface area contributed by atoms with E-state index in [2.05, 4.69) is 4.99 Å². The van der Waals surface area contributed by atoms with Crippen molar-refractivity contribution in [2.75, 3.05) is 0 Å². The molecule has 1 aromatic rings. The summed E-state index contributed by atoms with van der Waals surface area (Å²) in [5.41, 5.74) is 0. The van der Waals surface area contributed by atoms with E-state index in [0.717, 1.165) is 0 Å². The van der Waals surface area contributed by atoms with Crippen molar-refractivity contribution in [2.45, 2.75) is 6.92 Å². The van der Waals surface area contributed by atoms with Crippen molar-refractivity contribution in [1.29, 1.82) is 5.26 Å². The summed E-state index contributed by atoms with van der Waals surface area (Å²) in [7, 11) is 0. The van der Waals surface area contributed by atoms with Gasteiger partial charge >= 0.3 is 0 Å². The van der Waals surface area contributed by atoms with Crippen LogP contribution >= 0.6 is 0 Å². The van der Waals surface area contributed by atoms with Crippen LogP contribution in [0.15, 0.2) is 35.3 Å². The Morgan fingerprint density at radius 2 is 2.08 bits per heavy atom. The third kappa shape index (κ3) is 2.43. The first kappa shape index (κ1) is 8.28. The number of aliphatic imine (C=N–C) groups is 1. The third-order valence-corrected chi connectivity index (χ3v) is 1.22. The molecule has 0 unspecified atom stereocenters. The molecule has 0 fully saturated rings. The van der Waals surface area contributed by atoms with Crippen LogP contribution in [0.4, 0.5) is 0 Å². The Balaban J connectivity index is 2.66. The maximum absolute atomic E-state index is 8.20. The number of rotatable bonds is 1. The van der Waals surface area contributed by atoms with Gasteiger partial charge < -0.3 is 4.74 Å². The molecule has 0 bridgehead atoms. The Hall–Kier alpha value is -1.82. The summed E-state index contributed by atoms with van der Waals surface area (Å²) in [4.78, 5) is 3.42.